The highest BCUT2D eigenvalue weighted by Gasteiger charge is 2.38. The number of ether oxygens (including phenoxy) is 1. The molecule has 0 bridgehead atoms. The minimum absolute atomic E-state index is 0.235. The van der Waals surface area contributed by atoms with Crippen LogP contribution >= 0.6 is 0 Å². The molecular formula is C21H40N4O2S. The molecule has 0 aromatic heterocycles. The van der Waals surface area contributed by atoms with Crippen molar-refractivity contribution in [3.8, 4) is 0 Å². The number of morpholine rings is 1. The number of hydrogen-bond acceptors (Lipinski definition) is 4. The number of nitrogens with one attached hydrogen (secondary N) is 2. The topological polar surface area (TPSA) is 66.0 Å². The average Bonchev–Trinajstić information content (AvgIpc) is 2.77. The van der Waals surface area contributed by atoms with Gasteiger partial charge >= 0.3 is 0 Å². The molecule has 2 N–H and O–H groups in total. The van der Waals surface area contributed by atoms with E-state index < -0.39 is 10.8 Å². The van der Waals surface area contributed by atoms with E-state index in [1.165, 1.54) is 32.1 Å². The van der Waals surface area contributed by atoms with Crippen LogP contribution in [0.4, 0.5) is 0 Å². The Balaban J connectivity index is 1.56. The van der Waals surface area contributed by atoms with Gasteiger partial charge < -0.3 is 15.4 Å². The third-order valence-electron chi connectivity index (χ3n) is 6.90. The van der Waals surface area contributed by atoms with Crippen LogP contribution in [0.15, 0.2) is 4.99 Å². The number of rotatable bonds is 6. The highest BCUT2D eigenvalue weighted by Crippen LogP contribution is 2.34. The van der Waals surface area contributed by atoms with Gasteiger partial charge in [0.15, 0.2) is 5.96 Å². The van der Waals surface area contributed by atoms with Gasteiger partial charge in [0.1, 0.15) is 0 Å². The molecule has 0 radical (unpaired) electrons. The molecule has 6 nitrogen and oxygen atoms in total. The Bertz CT molecular complexity index is 530. The summed E-state index contributed by atoms with van der Waals surface area (Å²) in [5, 5.41) is 7.64. The lowest BCUT2D eigenvalue weighted by atomic mass is 9.79. The first-order valence-corrected chi connectivity index (χ1v) is 12.7. The van der Waals surface area contributed by atoms with E-state index in [-0.39, 0.29) is 5.54 Å². The predicted molar refractivity (Wildman–Crippen MR) is 117 cm³/mol. The van der Waals surface area contributed by atoms with Crippen molar-refractivity contribution < 1.29 is 8.95 Å². The molecule has 0 aromatic rings. The van der Waals surface area contributed by atoms with E-state index >= 15 is 0 Å². The zero-order valence-corrected chi connectivity index (χ0v) is 18.7. The molecular weight excluding hydrogens is 372 g/mol. The lowest BCUT2D eigenvalue weighted by Gasteiger charge is -2.48. The standard InChI is InChI=1S/C21H40N4O2S/c1-3-28(26)19-9-7-8-18(16-19)24-20(22-2)23-17-21(10-5-4-6-11-21)25-12-14-27-15-13-25/h18-19H,3-17H2,1-2H3,(H2,22,23,24). The molecule has 0 aromatic carbocycles. The first kappa shape index (κ1) is 22.0. The van der Waals surface area contributed by atoms with Gasteiger partial charge in [-0.15, -0.1) is 0 Å². The maximum Gasteiger partial charge on any atom is 0.191 e. The first-order chi connectivity index (χ1) is 13.7. The number of guanidine groups is 1. The van der Waals surface area contributed by atoms with Crippen LogP contribution in [0.25, 0.3) is 0 Å². The number of hydrogen-bond donors (Lipinski definition) is 2. The van der Waals surface area contributed by atoms with E-state index in [0.29, 0.717) is 11.3 Å². The molecule has 7 heteroatoms. The molecule has 3 fully saturated rings. The molecule has 0 amide bonds. The van der Waals surface area contributed by atoms with Crippen LogP contribution in [-0.2, 0) is 15.5 Å². The average molecular weight is 413 g/mol. The zero-order valence-electron chi connectivity index (χ0n) is 17.9. The maximum atomic E-state index is 12.2. The minimum atomic E-state index is -0.687. The molecule has 1 saturated heterocycles. The highest BCUT2D eigenvalue weighted by molar-refractivity contribution is 7.85. The summed E-state index contributed by atoms with van der Waals surface area (Å²) >= 11 is 0. The fourth-order valence-electron chi connectivity index (χ4n) is 5.24. The zero-order chi connectivity index (χ0) is 19.8. The van der Waals surface area contributed by atoms with E-state index in [0.717, 1.165) is 70.2 Å². The van der Waals surface area contributed by atoms with Crippen LogP contribution in [0.5, 0.6) is 0 Å². The van der Waals surface area contributed by atoms with E-state index in [1.54, 1.807) is 0 Å². The van der Waals surface area contributed by atoms with Crippen molar-refractivity contribution >= 4 is 16.8 Å². The summed E-state index contributed by atoms with van der Waals surface area (Å²) in [6.45, 7) is 6.77. The van der Waals surface area contributed by atoms with E-state index in [9.17, 15) is 4.21 Å². The van der Waals surface area contributed by atoms with Crippen LogP contribution in [-0.4, -0.2) is 77.5 Å². The summed E-state index contributed by atoms with van der Waals surface area (Å²) in [7, 11) is 1.18. The third kappa shape index (κ3) is 5.70. The van der Waals surface area contributed by atoms with E-state index in [2.05, 4.69) is 20.5 Å². The molecule has 3 aliphatic rings. The predicted octanol–water partition coefficient (Wildman–Crippen LogP) is 2.27. The molecule has 3 atom stereocenters. The quantitative estimate of drug-likeness (QED) is 0.517. The summed E-state index contributed by atoms with van der Waals surface area (Å²) in [5.41, 5.74) is 0.235. The van der Waals surface area contributed by atoms with Crippen molar-refractivity contribution in [1.82, 2.24) is 15.5 Å². The highest BCUT2D eigenvalue weighted by atomic mass is 32.2. The maximum absolute atomic E-state index is 12.2. The second-order valence-corrected chi connectivity index (χ2v) is 10.6. The lowest BCUT2D eigenvalue weighted by molar-refractivity contribution is -0.0352. The lowest BCUT2D eigenvalue weighted by Crippen LogP contribution is -2.61. The van der Waals surface area contributed by atoms with Crippen LogP contribution in [0.3, 0.4) is 0 Å². The van der Waals surface area contributed by atoms with Crippen molar-refractivity contribution in [3.05, 3.63) is 0 Å². The molecule has 3 unspecified atom stereocenters. The molecule has 1 aliphatic heterocycles. The Morgan fingerprint density at radius 1 is 1.18 bits per heavy atom. The van der Waals surface area contributed by atoms with Gasteiger partial charge in [-0.1, -0.05) is 32.6 Å². The van der Waals surface area contributed by atoms with Crippen molar-refractivity contribution in [2.24, 2.45) is 4.99 Å². The minimum Gasteiger partial charge on any atom is -0.379 e. The molecule has 0 spiro atoms. The fraction of sp³-hybridized carbons (Fsp3) is 0.952. The van der Waals surface area contributed by atoms with Crippen LogP contribution in [0.2, 0.25) is 0 Å². The van der Waals surface area contributed by atoms with Gasteiger partial charge in [0.2, 0.25) is 0 Å². The van der Waals surface area contributed by atoms with Gasteiger partial charge in [-0.25, -0.2) is 0 Å². The summed E-state index contributed by atoms with van der Waals surface area (Å²) in [6.07, 6.45) is 10.9. The second-order valence-electron chi connectivity index (χ2n) is 8.61. The van der Waals surface area contributed by atoms with Crippen LogP contribution in [0, 0.1) is 0 Å². The number of nitrogens with zero attached hydrogens (tertiary/aromatic N) is 2. The molecule has 162 valence electrons. The SMILES string of the molecule is CCS(=O)C1CCCC(NC(=NC)NCC2(N3CCOCC3)CCCCC2)C1. The fourth-order valence-corrected chi connectivity index (χ4v) is 6.59. The van der Waals surface area contributed by atoms with Crippen molar-refractivity contribution in [2.75, 3.05) is 45.6 Å². The van der Waals surface area contributed by atoms with Crippen molar-refractivity contribution in [2.45, 2.75) is 81.5 Å². The summed E-state index contributed by atoms with van der Waals surface area (Å²) < 4.78 is 17.8. The third-order valence-corrected chi connectivity index (χ3v) is 8.64. The first-order valence-electron chi connectivity index (χ1n) is 11.3. The Morgan fingerprint density at radius 2 is 1.93 bits per heavy atom. The van der Waals surface area contributed by atoms with Crippen molar-refractivity contribution in [1.29, 1.82) is 0 Å². The molecule has 28 heavy (non-hydrogen) atoms. The smallest absolute Gasteiger partial charge is 0.191 e. The summed E-state index contributed by atoms with van der Waals surface area (Å²) in [4.78, 5) is 7.17. The monoisotopic (exact) mass is 412 g/mol. The van der Waals surface area contributed by atoms with Gasteiger partial charge in [-0.3, -0.25) is 14.1 Å². The van der Waals surface area contributed by atoms with Gasteiger partial charge in [-0.05, 0) is 32.1 Å². The summed E-state index contributed by atoms with van der Waals surface area (Å²) in [6, 6.07) is 0.381. The molecule has 2 aliphatic carbocycles. The largest absolute Gasteiger partial charge is 0.379 e. The Kier molecular flexibility index (Phi) is 8.60. The van der Waals surface area contributed by atoms with Crippen LogP contribution in [0.1, 0.15) is 64.7 Å². The van der Waals surface area contributed by atoms with Crippen molar-refractivity contribution in [3.63, 3.8) is 0 Å². The van der Waals surface area contributed by atoms with Gasteiger partial charge in [0, 0.05) is 60.1 Å². The Morgan fingerprint density at radius 3 is 2.61 bits per heavy atom. The Labute approximate surface area is 173 Å². The second kappa shape index (κ2) is 10.9. The van der Waals surface area contributed by atoms with E-state index in [1.807, 2.05) is 14.0 Å². The summed E-state index contributed by atoms with van der Waals surface area (Å²) in [5.74, 6) is 1.68. The van der Waals surface area contributed by atoms with E-state index in [4.69, 9.17) is 4.74 Å². The number of aliphatic imine (C=N–C) groups is 1. The van der Waals surface area contributed by atoms with Gasteiger partial charge in [0.25, 0.3) is 0 Å². The van der Waals surface area contributed by atoms with Gasteiger partial charge in [0.05, 0.1) is 13.2 Å². The molecule has 2 saturated carbocycles. The van der Waals surface area contributed by atoms with Crippen LogP contribution < -0.4 is 10.6 Å². The molecule has 1 heterocycles. The van der Waals surface area contributed by atoms with Gasteiger partial charge in [-0.2, -0.15) is 0 Å². The Hall–Kier alpha value is -0.660. The normalized spacial score (nSPS) is 30.6. The molecule has 3 rings (SSSR count).